The summed E-state index contributed by atoms with van der Waals surface area (Å²) in [6.45, 7) is 9.69. The van der Waals surface area contributed by atoms with Gasteiger partial charge in [0.2, 0.25) is 0 Å². The fraction of sp³-hybridized carbons (Fsp3) is 0.440. The summed E-state index contributed by atoms with van der Waals surface area (Å²) in [5.74, 6) is 0.502. The number of nitrogens with one attached hydrogen (secondary N) is 1. The Kier molecular flexibility index (Phi) is 7.75. The molecule has 0 spiro atoms. The van der Waals surface area contributed by atoms with Crippen molar-refractivity contribution in [1.29, 1.82) is 0 Å². The SMILES string of the molecule is CC[C@H](C)[C@H](NC(=O)OC(C)(C)C)c1cc(Cn2ccc(=O)n(Cc3ccccc3)c2=O)on1. The number of aromatic nitrogens is 3. The van der Waals surface area contributed by atoms with E-state index in [1.165, 1.54) is 21.4 Å². The summed E-state index contributed by atoms with van der Waals surface area (Å²) in [6.07, 6.45) is 1.71. The van der Waals surface area contributed by atoms with E-state index >= 15 is 0 Å². The van der Waals surface area contributed by atoms with Crippen molar-refractivity contribution in [2.75, 3.05) is 0 Å². The zero-order chi connectivity index (χ0) is 24.9. The molecular weight excluding hydrogens is 436 g/mol. The van der Waals surface area contributed by atoms with Crippen LogP contribution in [0.4, 0.5) is 4.79 Å². The zero-order valence-corrected chi connectivity index (χ0v) is 20.3. The minimum absolute atomic E-state index is 0.0703. The molecule has 2 heterocycles. The van der Waals surface area contributed by atoms with Crippen molar-refractivity contribution >= 4 is 6.09 Å². The van der Waals surface area contributed by atoms with Crippen LogP contribution in [0.1, 0.15) is 64.1 Å². The van der Waals surface area contributed by atoms with Crippen molar-refractivity contribution in [3.63, 3.8) is 0 Å². The van der Waals surface area contributed by atoms with Gasteiger partial charge in [-0.1, -0.05) is 55.8 Å². The van der Waals surface area contributed by atoms with Crippen molar-refractivity contribution in [3.8, 4) is 0 Å². The van der Waals surface area contributed by atoms with Crippen LogP contribution in [0.3, 0.4) is 0 Å². The average Bonchev–Trinajstić information content (AvgIpc) is 3.24. The van der Waals surface area contributed by atoms with Crippen LogP contribution in [-0.2, 0) is 17.8 Å². The Morgan fingerprint density at radius 1 is 1.15 bits per heavy atom. The molecule has 3 rings (SSSR count). The minimum Gasteiger partial charge on any atom is -0.444 e. The van der Waals surface area contributed by atoms with E-state index in [1.807, 2.05) is 44.2 Å². The van der Waals surface area contributed by atoms with Crippen LogP contribution in [0.5, 0.6) is 0 Å². The Labute approximate surface area is 198 Å². The van der Waals surface area contributed by atoms with Crippen LogP contribution in [0.2, 0.25) is 0 Å². The van der Waals surface area contributed by atoms with E-state index in [9.17, 15) is 14.4 Å². The summed E-state index contributed by atoms with van der Waals surface area (Å²) in [4.78, 5) is 37.6. The second-order valence-electron chi connectivity index (χ2n) is 9.36. The van der Waals surface area contributed by atoms with E-state index in [0.717, 1.165) is 12.0 Å². The number of nitrogens with zero attached hydrogens (tertiary/aromatic N) is 3. The fourth-order valence-electron chi connectivity index (χ4n) is 3.48. The van der Waals surface area contributed by atoms with Crippen LogP contribution in [0, 0.1) is 5.92 Å². The Morgan fingerprint density at radius 3 is 2.50 bits per heavy atom. The normalized spacial score (nSPS) is 13.3. The quantitative estimate of drug-likeness (QED) is 0.540. The summed E-state index contributed by atoms with van der Waals surface area (Å²) in [7, 11) is 0. The van der Waals surface area contributed by atoms with Gasteiger partial charge in [0.05, 0.1) is 19.1 Å². The molecular formula is C25H32N4O5. The van der Waals surface area contributed by atoms with Gasteiger partial charge in [-0.2, -0.15) is 0 Å². The topological polar surface area (TPSA) is 108 Å². The van der Waals surface area contributed by atoms with E-state index in [2.05, 4.69) is 10.5 Å². The van der Waals surface area contributed by atoms with Crippen LogP contribution >= 0.6 is 0 Å². The maximum absolute atomic E-state index is 13.0. The van der Waals surface area contributed by atoms with Gasteiger partial charge >= 0.3 is 11.8 Å². The number of alkyl carbamates (subject to hydrolysis) is 1. The fourth-order valence-corrected chi connectivity index (χ4v) is 3.48. The van der Waals surface area contributed by atoms with Gasteiger partial charge < -0.3 is 14.6 Å². The lowest BCUT2D eigenvalue weighted by molar-refractivity contribution is 0.0484. The van der Waals surface area contributed by atoms with Crippen molar-refractivity contribution in [1.82, 2.24) is 19.6 Å². The summed E-state index contributed by atoms with van der Waals surface area (Å²) >= 11 is 0. The molecule has 2 aromatic heterocycles. The lowest BCUT2D eigenvalue weighted by Crippen LogP contribution is -2.39. The third kappa shape index (κ3) is 6.46. The molecule has 182 valence electrons. The first kappa shape index (κ1) is 25.0. The molecule has 34 heavy (non-hydrogen) atoms. The van der Waals surface area contributed by atoms with E-state index in [1.54, 1.807) is 26.8 Å². The first-order valence-electron chi connectivity index (χ1n) is 11.4. The average molecular weight is 469 g/mol. The van der Waals surface area contributed by atoms with Crippen LogP contribution < -0.4 is 16.6 Å². The number of hydrogen-bond donors (Lipinski definition) is 1. The molecule has 2 atom stereocenters. The van der Waals surface area contributed by atoms with Crippen molar-refractivity contribution in [2.45, 2.75) is 65.8 Å². The highest BCUT2D eigenvalue weighted by atomic mass is 16.6. The summed E-state index contributed by atoms with van der Waals surface area (Å²) in [6, 6.07) is 12.0. The van der Waals surface area contributed by atoms with Gasteiger partial charge in [0.15, 0.2) is 5.76 Å². The van der Waals surface area contributed by atoms with Crippen LogP contribution in [-0.4, -0.2) is 26.0 Å². The molecule has 1 amide bonds. The van der Waals surface area contributed by atoms with Gasteiger partial charge in [-0.25, -0.2) is 9.59 Å². The van der Waals surface area contributed by atoms with E-state index in [-0.39, 0.29) is 24.6 Å². The Morgan fingerprint density at radius 2 is 1.85 bits per heavy atom. The molecule has 0 saturated heterocycles. The third-order valence-corrected chi connectivity index (χ3v) is 5.43. The lowest BCUT2D eigenvalue weighted by Gasteiger charge is -2.25. The van der Waals surface area contributed by atoms with Crippen molar-refractivity contribution in [3.05, 3.63) is 86.5 Å². The van der Waals surface area contributed by atoms with E-state index in [4.69, 9.17) is 9.26 Å². The Balaban J connectivity index is 1.81. The largest absolute Gasteiger partial charge is 0.444 e. The van der Waals surface area contributed by atoms with Gasteiger partial charge in [0, 0.05) is 18.3 Å². The Bertz CT molecular complexity index is 1220. The molecule has 3 aromatic rings. The molecule has 0 aliphatic rings. The molecule has 1 N–H and O–H groups in total. The highest BCUT2D eigenvalue weighted by Gasteiger charge is 2.26. The van der Waals surface area contributed by atoms with Crippen LogP contribution in [0.15, 0.2) is 62.8 Å². The van der Waals surface area contributed by atoms with E-state index in [0.29, 0.717) is 11.5 Å². The van der Waals surface area contributed by atoms with Gasteiger partial charge in [-0.05, 0) is 32.3 Å². The molecule has 1 aromatic carbocycles. The zero-order valence-electron chi connectivity index (χ0n) is 20.3. The number of carbonyl (C=O) groups is 1. The minimum atomic E-state index is -0.622. The maximum Gasteiger partial charge on any atom is 0.408 e. The smallest absolute Gasteiger partial charge is 0.408 e. The number of ether oxygens (including phenoxy) is 1. The first-order chi connectivity index (χ1) is 16.1. The maximum atomic E-state index is 13.0. The predicted molar refractivity (Wildman–Crippen MR) is 128 cm³/mol. The van der Waals surface area contributed by atoms with Crippen molar-refractivity contribution < 1.29 is 14.1 Å². The van der Waals surface area contributed by atoms with Gasteiger partial charge in [0.25, 0.3) is 5.56 Å². The molecule has 9 heteroatoms. The molecule has 0 unspecified atom stereocenters. The first-order valence-corrected chi connectivity index (χ1v) is 11.4. The number of rotatable bonds is 8. The Hall–Kier alpha value is -3.62. The molecule has 0 radical (unpaired) electrons. The number of amides is 1. The summed E-state index contributed by atoms with van der Waals surface area (Å²) < 4.78 is 13.4. The van der Waals surface area contributed by atoms with Crippen LogP contribution in [0.25, 0.3) is 0 Å². The van der Waals surface area contributed by atoms with Crippen molar-refractivity contribution in [2.24, 2.45) is 5.92 Å². The molecule has 9 nitrogen and oxygen atoms in total. The number of benzene rings is 1. The lowest BCUT2D eigenvalue weighted by atomic mass is 9.96. The number of carbonyl (C=O) groups excluding carboxylic acids is 1. The number of hydrogen-bond acceptors (Lipinski definition) is 6. The second-order valence-corrected chi connectivity index (χ2v) is 9.36. The van der Waals surface area contributed by atoms with Gasteiger partial charge in [0.1, 0.15) is 11.3 Å². The highest BCUT2D eigenvalue weighted by molar-refractivity contribution is 5.68. The highest BCUT2D eigenvalue weighted by Crippen LogP contribution is 2.25. The van der Waals surface area contributed by atoms with E-state index < -0.39 is 23.4 Å². The predicted octanol–water partition coefficient (Wildman–Crippen LogP) is 3.71. The molecule has 0 aliphatic carbocycles. The van der Waals surface area contributed by atoms with Gasteiger partial charge in [-0.3, -0.25) is 13.9 Å². The monoisotopic (exact) mass is 468 g/mol. The molecule has 0 fully saturated rings. The molecule has 0 bridgehead atoms. The third-order valence-electron chi connectivity index (χ3n) is 5.43. The second kappa shape index (κ2) is 10.5. The van der Waals surface area contributed by atoms with Gasteiger partial charge in [-0.15, -0.1) is 0 Å². The summed E-state index contributed by atoms with van der Waals surface area (Å²) in [5, 5.41) is 7.01. The summed E-state index contributed by atoms with van der Waals surface area (Å²) in [5.41, 5.74) is -0.0448. The molecule has 0 aliphatic heterocycles. The standard InChI is InChI=1S/C25H32N4O5/c1-6-17(2)22(26-23(31)33-25(3,4)5)20-14-19(34-27-20)16-28-13-12-21(30)29(24(28)32)15-18-10-8-7-9-11-18/h7-14,17,22H,6,15-16H2,1-5H3,(H,26,31)/t17-,22-/m0/s1. The molecule has 0 saturated carbocycles.